The second kappa shape index (κ2) is 9.33. The van der Waals surface area contributed by atoms with E-state index in [1.54, 1.807) is 24.3 Å². The number of carbonyl (C=O) groups is 1. The second-order valence-corrected chi connectivity index (χ2v) is 6.19. The van der Waals surface area contributed by atoms with E-state index in [9.17, 15) is 4.79 Å². The van der Waals surface area contributed by atoms with Gasteiger partial charge < -0.3 is 10.1 Å². The lowest BCUT2D eigenvalue weighted by molar-refractivity contribution is -0.122. The molecule has 0 saturated carbocycles. The first kappa shape index (κ1) is 18.3. The van der Waals surface area contributed by atoms with Gasteiger partial charge in [-0.2, -0.15) is 0 Å². The number of hydrogen-bond acceptors (Lipinski definition) is 2. The largest absolute Gasteiger partial charge is 0.481 e. The van der Waals surface area contributed by atoms with Gasteiger partial charge in [0.05, 0.1) is 0 Å². The van der Waals surface area contributed by atoms with E-state index in [2.05, 4.69) is 24.4 Å². The van der Waals surface area contributed by atoms with Crippen molar-refractivity contribution in [3.8, 4) is 5.75 Å². The first-order valence-corrected chi connectivity index (χ1v) is 8.82. The Labute approximate surface area is 149 Å². The SMILES string of the molecule is CCCCc1ccc(NC(=O)[C@@H](CC)Oc2ccc(Cl)cc2)cc1. The van der Waals surface area contributed by atoms with Gasteiger partial charge in [0.15, 0.2) is 6.10 Å². The van der Waals surface area contributed by atoms with Crippen LogP contribution in [-0.2, 0) is 11.2 Å². The van der Waals surface area contributed by atoms with Crippen LogP contribution in [0.25, 0.3) is 0 Å². The predicted octanol–water partition coefficient (Wildman–Crippen LogP) is 5.48. The van der Waals surface area contributed by atoms with Gasteiger partial charge in [-0.1, -0.05) is 44.0 Å². The zero-order valence-electron chi connectivity index (χ0n) is 14.2. The Bertz CT molecular complexity index is 638. The minimum atomic E-state index is -0.536. The minimum absolute atomic E-state index is 0.145. The zero-order valence-corrected chi connectivity index (χ0v) is 15.0. The molecule has 0 radical (unpaired) electrons. The van der Waals surface area contributed by atoms with Gasteiger partial charge in [0, 0.05) is 10.7 Å². The van der Waals surface area contributed by atoms with Gasteiger partial charge in [-0.05, 0) is 61.2 Å². The lowest BCUT2D eigenvalue weighted by Crippen LogP contribution is -2.32. The molecule has 1 amide bonds. The zero-order chi connectivity index (χ0) is 17.4. The number of nitrogens with one attached hydrogen (secondary N) is 1. The summed E-state index contributed by atoms with van der Waals surface area (Å²) in [6, 6.07) is 15.0. The van der Waals surface area contributed by atoms with Crippen molar-refractivity contribution in [2.45, 2.75) is 45.6 Å². The molecular formula is C20H24ClNO2. The van der Waals surface area contributed by atoms with Gasteiger partial charge in [-0.15, -0.1) is 0 Å². The van der Waals surface area contributed by atoms with Gasteiger partial charge in [-0.3, -0.25) is 4.79 Å². The van der Waals surface area contributed by atoms with Crippen LogP contribution in [0.2, 0.25) is 5.02 Å². The van der Waals surface area contributed by atoms with Crippen molar-refractivity contribution in [3.05, 3.63) is 59.1 Å². The molecule has 0 bridgehead atoms. The summed E-state index contributed by atoms with van der Waals surface area (Å²) in [6.07, 6.45) is 3.48. The number of halogens is 1. The van der Waals surface area contributed by atoms with Crippen molar-refractivity contribution in [2.75, 3.05) is 5.32 Å². The summed E-state index contributed by atoms with van der Waals surface area (Å²) in [5.74, 6) is 0.491. The number of amides is 1. The van der Waals surface area contributed by atoms with Crippen LogP contribution < -0.4 is 10.1 Å². The maximum absolute atomic E-state index is 12.4. The fraction of sp³-hybridized carbons (Fsp3) is 0.350. The van der Waals surface area contributed by atoms with Gasteiger partial charge in [0.1, 0.15) is 5.75 Å². The third-order valence-electron chi connectivity index (χ3n) is 3.80. The number of unbranched alkanes of at least 4 members (excludes halogenated alkanes) is 1. The Kier molecular flexibility index (Phi) is 7.13. The number of anilines is 1. The summed E-state index contributed by atoms with van der Waals surface area (Å²) in [6.45, 7) is 4.11. The molecule has 24 heavy (non-hydrogen) atoms. The maximum Gasteiger partial charge on any atom is 0.265 e. The van der Waals surface area contributed by atoms with Crippen LogP contribution in [0.1, 0.15) is 38.7 Å². The van der Waals surface area contributed by atoms with Crippen LogP contribution in [0.15, 0.2) is 48.5 Å². The number of aryl methyl sites for hydroxylation is 1. The molecule has 2 aromatic carbocycles. The van der Waals surface area contributed by atoms with Gasteiger partial charge in [0.2, 0.25) is 0 Å². The highest BCUT2D eigenvalue weighted by Gasteiger charge is 2.18. The molecule has 0 fully saturated rings. The standard InChI is InChI=1S/C20H24ClNO2/c1-3-5-6-15-7-11-17(12-8-15)22-20(23)19(4-2)24-18-13-9-16(21)10-14-18/h7-14,19H,3-6H2,1-2H3,(H,22,23)/t19-/m1/s1. The van der Waals surface area contributed by atoms with Crippen molar-refractivity contribution in [3.63, 3.8) is 0 Å². The van der Waals surface area contributed by atoms with E-state index >= 15 is 0 Å². The third-order valence-corrected chi connectivity index (χ3v) is 4.05. The third kappa shape index (κ3) is 5.57. The average molecular weight is 346 g/mol. The summed E-state index contributed by atoms with van der Waals surface area (Å²) in [4.78, 5) is 12.4. The number of rotatable bonds is 8. The lowest BCUT2D eigenvalue weighted by atomic mass is 10.1. The van der Waals surface area contributed by atoms with E-state index in [1.165, 1.54) is 18.4 Å². The van der Waals surface area contributed by atoms with Crippen molar-refractivity contribution in [1.82, 2.24) is 0 Å². The number of carbonyl (C=O) groups excluding carboxylic acids is 1. The highest BCUT2D eigenvalue weighted by molar-refractivity contribution is 6.30. The van der Waals surface area contributed by atoms with Crippen molar-refractivity contribution in [1.29, 1.82) is 0 Å². The van der Waals surface area contributed by atoms with Gasteiger partial charge in [0.25, 0.3) is 5.91 Å². The summed E-state index contributed by atoms with van der Waals surface area (Å²) >= 11 is 5.86. The van der Waals surface area contributed by atoms with E-state index < -0.39 is 6.10 Å². The highest BCUT2D eigenvalue weighted by atomic mass is 35.5. The Morgan fingerprint density at radius 1 is 1.08 bits per heavy atom. The molecule has 0 heterocycles. The Morgan fingerprint density at radius 2 is 1.75 bits per heavy atom. The lowest BCUT2D eigenvalue weighted by Gasteiger charge is -2.17. The molecule has 4 heteroatoms. The molecule has 0 unspecified atom stereocenters. The van der Waals surface area contributed by atoms with Crippen molar-refractivity contribution >= 4 is 23.2 Å². The van der Waals surface area contributed by atoms with E-state index in [4.69, 9.17) is 16.3 Å². The first-order chi connectivity index (χ1) is 11.6. The van der Waals surface area contributed by atoms with Crippen LogP contribution in [-0.4, -0.2) is 12.0 Å². The number of ether oxygens (including phenoxy) is 1. The maximum atomic E-state index is 12.4. The van der Waals surface area contributed by atoms with Crippen LogP contribution >= 0.6 is 11.6 Å². The van der Waals surface area contributed by atoms with Crippen LogP contribution in [0.5, 0.6) is 5.75 Å². The summed E-state index contributed by atoms with van der Waals surface area (Å²) < 4.78 is 5.76. The molecule has 2 aromatic rings. The topological polar surface area (TPSA) is 38.3 Å². The molecular weight excluding hydrogens is 322 g/mol. The fourth-order valence-electron chi connectivity index (χ4n) is 2.36. The summed E-state index contributed by atoms with van der Waals surface area (Å²) in [5.41, 5.74) is 2.08. The Morgan fingerprint density at radius 3 is 2.33 bits per heavy atom. The highest BCUT2D eigenvalue weighted by Crippen LogP contribution is 2.19. The number of hydrogen-bond donors (Lipinski definition) is 1. The normalized spacial score (nSPS) is 11.8. The number of benzene rings is 2. The Hall–Kier alpha value is -2.00. The molecule has 0 aromatic heterocycles. The molecule has 3 nitrogen and oxygen atoms in total. The van der Waals surface area contributed by atoms with E-state index in [-0.39, 0.29) is 5.91 Å². The van der Waals surface area contributed by atoms with E-state index in [0.29, 0.717) is 17.2 Å². The molecule has 2 rings (SSSR count). The van der Waals surface area contributed by atoms with Gasteiger partial charge in [-0.25, -0.2) is 0 Å². The van der Waals surface area contributed by atoms with E-state index in [0.717, 1.165) is 12.1 Å². The van der Waals surface area contributed by atoms with Crippen molar-refractivity contribution < 1.29 is 9.53 Å². The van der Waals surface area contributed by atoms with E-state index in [1.807, 2.05) is 19.1 Å². The second-order valence-electron chi connectivity index (χ2n) is 5.76. The molecule has 1 atom stereocenters. The fourth-order valence-corrected chi connectivity index (χ4v) is 2.48. The molecule has 128 valence electrons. The molecule has 0 aliphatic heterocycles. The Balaban J connectivity index is 1.94. The quantitative estimate of drug-likeness (QED) is 0.688. The van der Waals surface area contributed by atoms with Crippen molar-refractivity contribution in [2.24, 2.45) is 0 Å². The van der Waals surface area contributed by atoms with Gasteiger partial charge >= 0.3 is 0 Å². The smallest absolute Gasteiger partial charge is 0.265 e. The molecule has 0 aliphatic rings. The predicted molar refractivity (Wildman–Crippen MR) is 99.8 cm³/mol. The minimum Gasteiger partial charge on any atom is -0.481 e. The molecule has 0 saturated heterocycles. The molecule has 0 aliphatic carbocycles. The first-order valence-electron chi connectivity index (χ1n) is 8.44. The van der Waals surface area contributed by atoms with Crippen LogP contribution in [0, 0.1) is 0 Å². The van der Waals surface area contributed by atoms with Crippen LogP contribution in [0.3, 0.4) is 0 Å². The van der Waals surface area contributed by atoms with Crippen LogP contribution in [0.4, 0.5) is 5.69 Å². The molecule has 1 N–H and O–H groups in total. The summed E-state index contributed by atoms with van der Waals surface area (Å²) in [7, 11) is 0. The average Bonchev–Trinajstić information content (AvgIpc) is 2.60. The monoisotopic (exact) mass is 345 g/mol. The summed E-state index contributed by atoms with van der Waals surface area (Å²) in [5, 5.41) is 3.56. The molecule has 0 spiro atoms.